The maximum Gasteiger partial charge on any atom is 0.240 e. The zero-order valence-electron chi connectivity index (χ0n) is 13.4. The van der Waals surface area contributed by atoms with Gasteiger partial charge in [0.1, 0.15) is 5.75 Å². The highest BCUT2D eigenvalue weighted by atomic mass is 32.2. The molecule has 1 amide bonds. The van der Waals surface area contributed by atoms with Gasteiger partial charge < -0.3 is 10.1 Å². The molecule has 0 radical (unpaired) electrons. The topological polar surface area (TPSA) is 102 Å². The fraction of sp³-hybridized carbons (Fsp3) is 0.176. The van der Waals surface area contributed by atoms with Gasteiger partial charge in [0, 0.05) is 11.3 Å². The van der Waals surface area contributed by atoms with Crippen LogP contribution in [0.15, 0.2) is 47.4 Å². The van der Waals surface area contributed by atoms with Gasteiger partial charge in [-0.15, -0.1) is 0 Å². The lowest BCUT2D eigenvalue weighted by atomic mass is 10.1. The van der Waals surface area contributed by atoms with E-state index in [-0.39, 0.29) is 29.6 Å². The molecule has 1 aliphatic rings. The van der Waals surface area contributed by atoms with Crippen molar-refractivity contribution >= 4 is 27.4 Å². The van der Waals surface area contributed by atoms with E-state index >= 15 is 0 Å². The monoisotopic (exact) mass is 360 g/mol. The minimum Gasteiger partial charge on any atom is -0.497 e. The summed E-state index contributed by atoms with van der Waals surface area (Å²) in [6.45, 7) is -0.358. The molecule has 3 rings (SSSR count). The minimum absolute atomic E-state index is 0.0188. The summed E-state index contributed by atoms with van der Waals surface area (Å²) >= 11 is 0. The summed E-state index contributed by atoms with van der Waals surface area (Å²) in [6.07, 6.45) is 0.142. The van der Waals surface area contributed by atoms with E-state index in [1.165, 1.54) is 19.2 Å². The lowest BCUT2D eigenvalue weighted by Crippen LogP contribution is -2.29. The van der Waals surface area contributed by atoms with Gasteiger partial charge in [-0.3, -0.25) is 9.59 Å². The number of Topliss-reactive ketones (excluding diaryl/α,β-unsaturated/α-hetero) is 1. The Bertz CT molecular complexity index is 936. The third-order valence-corrected chi connectivity index (χ3v) is 5.25. The molecule has 25 heavy (non-hydrogen) atoms. The Hall–Kier alpha value is -2.71. The number of amides is 1. The number of ketones is 1. The van der Waals surface area contributed by atoms with Gasteiger partial charge in [0.05, 0.1) is 25.0 Å². The number of carbonyl (C=O) groups excluding carboxylic acids is 2. The number of rotatable bonds is 6. The third-order valence-electron chi connectivity index (χ3n) is 3.85. The number of hydrogen-bond donors (Lipinski definition) is 2. The molecule has 0 saturated heterocycles. The first kappa shape index (κ1) is 17.1. The maximum atomic E-state index is 12.4. The first-order valence-corrected chi connectivity index (χ1v) is 8.97. The number of ether oxygens (including phenoxy) is 1. The molecule has 2 aromatic carbocycles. The second-order valence-corrected chi connectivity index (χ2v) is 7.29. The van der Waals surface area contributed by atoms with Crippen molar-refractivity contribution in [3.05, 3.63) is 53.6 Å². The number of hydrogen-bond acceptors (Lipinski definition) is 5. The number of benzene rings is 2. The molecule has 0 fully saturated rings. The van der Waals surface area contributed by atoms with E-state index in [2.05, 4.69) is 10.0 Å². The predicted molar refractivity (Wildman–Crippen MR) is 91.3 cm³/mol. The van der Waals surface area contributed by atoms with Gasteiger partial charge in [0.15, 0.2) is 5.78 Å². The van der Waals surface area contributed by atoms with Crippen molar-refractivity contribution in [1.29, 1.82) is 0 Å². The number of carbonyl (C=O) groups is 2. The van der Waals surface area contributed by atoms with Crippen molar-refractivity contribution in [2.24, 2.45) is 0 Å². The number of sulfonamides is 1. The number of fused-ring (bicyclic) bond motifs is 1. The zero-order valence-corrected chi connectivity index (χ0v) is 14.2. The van der Waals surface area contributed by atoms with Gasteiger partial charge in [-0.05, 0) is 48.0 Å². The van der Waals surface area contributed by atoms with E-state index < -0.39 is 10.0 Å². The number of nitrogens with one attached hydrogen (secondary N) is 2. The van der Waals surface area contributed by atoms with Gasteiger partial charge >= 0.3 is 0 Å². The summed E-state index contributed by atoms with van der Waals surface area (Å²) in [5.74, 6) is 0.0786. The molecule has 7 nitrogen and oxygen atoms in total. The first-order valence-electron chi connectivity index (χ1n) is 7.49. The van der Waals surface area contributed by atoms with Gasteiger partial charge in [-0.25, -0.2) is 13.1 Å². The van der Waals surface area contributed by atoms with Gasteiger partial charge in [0.25, 0.3) is 0 Å². The van der Waals surface area contributed by atoms with Crippen LogP contribution in [-0.2, 0) is 21.2 Å². The number of anilines is 1. The predicted octanol–water partition coefficient (Wildman–Crippen LogP) is 1.35. The van der Waals surface area contributed by atoms with E-state index in [9.17, 15) is 18.0 Å². The summed E-state index contributed by atoms with van der Waals surface area (Å²) in [6, 6.07) is 10.8. The standard InChI is InChI=1S/C17H16N2O5S/c1-24-13-4-2-11(3-5-13)16(20)10-18-25(22,23)14-6-7-15-12(8-14)9-17(21)19-15/h2-8,18H,9-10H2,1H3,(H,19,21). The van der Waals surface area contributed by atoms with Crippen molar-refractivity contribution in [3.8, 4) is 5.75 Å². The molecule has 0 unspecified atom stereocenters. The van der Waals surface area contributed by atoms with Crippen molar-refractivity contribution in [2.75, 3.05) is 19.0 Å². The molecule has 0 bridgehead atoms. The maximum absolute atomic E-state index is 12.4. The molecule has 130 valence electrons. The normalized spacial score (nSPS) is 13.2. The summed E-state index contributed by atoms with van der Waals surface area (Å²) < 4.78 is 32.0. The van der Waals surface area contributed by atoms with Crippen LogP contribution in [0.5, 0.6) is 5.75 Å². The summed E-state index contributed by atoms with van der Waals surface area (Å²) in [4.78, 5) is 23.5. The van der Waals surface area contributed by atoms with Crippen molar-refractivity contribution in [2.45, 2.75) is 11.3 Å². The van der Waals surface area contributed by atoms with Gasteiger partial charge in [0.2, 0.25) is 15.9 Å². The second-order valence-electron chi connectivity index (χ2n) is 5.52. The molecule has 2 aromatic rings. The fourth-order valence-corrected chi connectivity index (χ4v) is 3.53. The summed E-state index contributed by atoms with van der Waals surface area (Å²) in [5, 5.41) is 2.64. The molecule has 0 spiro atoms. The Kier molecular flexibility index (Phi) is 4.56. The Morgan fingerprint density at radius 2 is 1.92 bits per heavy atom. The molecule has 1 aliphatic heterocycles. The highest BCUT2D eigenvalue weighted by Crippen LogP contribution is 2.25. The largest absolute Gasteiger partial charge is 0.497 e. The Balaban J connectivity index is 1.70. The van der Waals surface area contributed by atoms with E-state index in [4.69, 9.17) is 4.74 Å². The van der Waals surface area contributed by atoms with E-state index in [1.54, 1.807) is 30.3 Å². The second kappa shape index (κ2) is 6.66. The molecule has 2 N–H and O–H groups in total. The lowest BCUT2D eigenvalue weighted by molar-refractivity contribution is -0.115. The van der Waals surface area contributed by atoms with Crippen LogP contribution in [0.25, 0.3) is 0 Å². The molecular weight excluding hydrogens is 344 g/mol. The Morgan fingerprint density at radius 1 is 1.20 bits per heavy atom. The Morgan fingerprint density at radius 3 is 2.60 bits per heavy atom. The summed E-state index contributed by atoms with van der Waals surface area (Å²) in [5.41, 5.74) is 1.61. The van der Waals surface area contributed by atoms with Crippen LogP contribution in [0.2, 0.25) is 0 Å². The molecule has 0 atom stereocenters. The van der Waals surface area contributed by atoms with E-state index in [0.717, 1.165) is 0 Å². The summed E-state index contributed by atoms with van der Waals surface area (Å²) in [7, 11) is -2.33. The average molecular weight is 360 g/mol. The highest BCUT2D eigenvalue weighted by Gasteiger charge is 2.22. The average Bonchev–Trinajstić information content (AvgIpc) is 2.99. The smallest absolute Gasteiger partial charge is 0.240 e. The van der Waals surface area contributed by atoms with Crippen LogP contribution in [0.4, 0.5) is 5.69 Å². The molecule has 8 heteroatoms. The van der Waals surface area contributed by atoms with Crippen LogP contribution >= 0.6 is 0 Å². The molecule has 0 aliphatic carbocycles. The van der Waals surface area contributed by atoms with Crippen molar-refractivity contribution < 1.29 is 22.7 Å². The number of methoxy groups -OCH3 is 1. The highest BCUT2D eigenvalue weighted by molar-refractivity contribution is 7.89. The molecule has 1 heterocycles. The Labute approximate surface area is 145 Å². The van der Waals surface area contributed by atoms with E-state index in [0.29, 0.717) is 22.6 Å². The van der Waals surface area contributed by atoms with Crippen molar-refractivity contribution in [3.63, 3.8) is 0 Å². The van der Waals surface area contributed by atoms with Crippen LogP contribution in [0.1, 0.15) is 15.9 Å². The lowest BCUT2D eigenvalue weighted by Gasteiger charge is -2.08. The van der Waals surface area contributed by atoms with Gasteiger partial charge in [-0.1, -0.05) is 0 Å². The first-order chi connectivity index (χ1) is 11.9. The SMILES string of the molecule is COc1ccc(C(=O)CNS(=O)(=O)c2ccc3c(c2)CC(=O)N3)cc1. The van der Waals surface area contributed by atoms with Crippen LogP contribution < -0.4 is 14.8 Å². The molecule has 0 saturated carbocycles. The van der Waals surface area contributed by atoms with Crippen LogP contribution in [-0.4, -0.2) is 33.8 Å². The minimum atomic E-state index is -3.85. The van der Waals surface area contributed by atoms with Crippen LogP contribution in [0, 0.1) is 0 Å². The molecular formula is C17H16N2O5S. The van der Waals surface area contributed by atoms with Crippen molar-refractivity contribution in [1.82, 2.24) is 4.72 Å². The van der Waals surface area contributed by atoms with E-state index in [1.807, 2.05) is 0 Å². The third kappa shape index (κ3) is 3.70. The fourth-order valence-electron chi connectivity index (χ4n) is 2.50. The molecule has 0 aromatic heterocycles. The van der Waals surface area contributed by atoms with Gasteiger partial charge in [-0.2, -0.15) is 0 Å². The quantitative estimate of drug-likeness (QED) is 0.757. The van der Waals surface area contributed by atoms with Crippen LogP contribution in [0.3, 0.4) is 0 Å². The zero-order chi connectivity index (χ0) is 18.0.